The molecule has 0 aromatic heterocycles. The Morgan fingerprint density at radius 1 is 1.12 bits per heavy atom. The first-order chi connectivity index (χ1) is 8.08. The lowest BCUT2D eigenvalue weighted by molar-refractivity contribution is 0.103. The van der Waals surface area contributed by atoms with Crippen molar-refractivity contribution in [2.75, 3.05) is 0 Å². The van der Waals surface area contributed by atoms with Gasteiger partial charge < -0.3 is 0 Å². The van der Waals surface area contributed by atoms with Crippen molar-refractivity contribution >= 4 is 33.3 Å². The van der Waals surface area contributed by atoms with Crippen molar-refractivity contribution in [2.45, 2.75) is 6.92 Å². The summed E-state index contributed by atoms with van der Waals surface area (Å²) >= 11 is 9.26. The minimum atomic E-state index is -0.00231. The lowest BCUT2D eigenvalue weighted by Crippen LogP contribution is -2.03. The van der Waals surface area contributed by atoms with Gasteiger partial charge in [0.2, 0.25) is 0 Å². The Morgan fingerprint density at radius 2 is 1.76 bits per heavy atom. The van der Waals surface area contributed by atoms with Gasteiger partial charge in [-0.2, -0.15) is 0 Å². The van der Waals surface area contributed by atoms with E-state index in [9.17, 15) is 4.79 Å². The molecule has 0 amide bonds. The van der Waals surface area contributed by atoms with Gasteiger partial charge in [-0.05, 0) is 48.9 Å². The molecule has 3 heteroatoms. The Hall–Kier alpha value is -1.12. The predicted molar refractivity (Wildman–Crippen MR) is 73.8 cm³/mol. The second-order valence-corrected chi connectivity index (χ2v) is 5.15. The van der Waals surface area contributed by atoms with Crippen molar-refractivity contribution in [3.8, 4) is 0 Å². The molecular weight excluding hydrogens is 300 g/mol. The molecule has 0 radical (unpaired) electrons. The van der Waals surface area contributed by atoms with Crippen LogP contribution in [0.5, 0.6) is 0 Å². The molecule has 0 bridgehead atoms. The first kappa shape index (κ1) is 12.3. The van der Waals surface area contributed by atoms with E-state index in [2.05, 4.69) is 15.9 Å². The monoisotopic (exact) mass is 308 g/mol. The van der Waals surface area contributed by atoms with Crippen LogP contribution in [0.1, 0.15) is 21.5 Å². The molecule has 0 unspecified atom stereocenters. The Morgan fingerprint density at radius 3 is 2.41 bits per heavy atom. The van der Waals surface area contributed by atoms with Crippen LogP contribution in [-0.2, 0) is 0 Å². The van der Waals surface area contributed by atoms with Gasteiger partial charge in [0.15, 0.2) is 5.78 Å². The van der Waals surface area contributed by atoms with Crippen LogP contribution in [0, 0.1) is 6.92 Å². The summed E-state index contributed by atoms with van der Waals surface area (Å²) in [7, 11) is 0. The van der Waals surface area contributed by atoms with E-state index in [0.717, 1.165) is 10.0 Å². The van der Waals surface area contributed by atoms with E-state index in [1.165, 1.54) is 0 Å². The molecule has 0 aliphatic carbocycles. The summed E-state index contributed by atoms with van der Waals surface area (Å²) in [6.07, 6.45) is 0. The van der Waals surface area contributed by atoms with Gasteiger partial charge in [0.05, 0.1) is 0 Å². The van der Waals surface area contributed by atoms with E-state index >= 15 is 0 Å². The lowest BCUT2D eigenvalue weighted by Gasteiger charge is -2.05. The van der Waals surface area contributed by atoms with Crippen molar-refractivity contribution in [3.05, 3.63) is 68.7 Å². The number of hydrogen-bond donors (Lipinski definition) is 0. The third-order valence-electron chi connectivity index (χ3n) is 2.55. The van der Waals surface area contributed by atoms with Crippen LogP contribution in [0.15, 0.2) is 46.9 Å². The molecule has 0 saturated carbocycles. The van der Waals surface area contributed by atoms with Crippen LogP contribution >= 0.6 is 27.5 Å². The maximum atomic E-state index is 12.3. The summed E-state index contributed by atoms with van der Waals surface area (Å²) in [5.74, 6) is -0.00231. The molecule has 1 nitrogen and oxygen atoms in total. The second kappa shape index (κ2) is 5.03. The van der Waals surface area contributed by atoms with E-state index in [4.69, 9.17) is 11.6 Å². The molecule has 86 valence electrons. The van der Waals surface area contributed by atoms with Gasteiger partial charge in [-0.3, -0.25) is 4.79 Å². The zero-order chi connectivity index (χ0) is 12.4. The van der Waals surface area contributed by atoms with Crippen molar-refractivity contribution < 1.29 is 4.79 Å². The standard InChI is InChI=1S/C14H10BrClO/c1-9-2-7-12(16)8-13(9)14(17)10-3-5-11(15)6-4-10/h2-8H,1H3. The first-order valence-electron chi connectivity index (χ1n) is 5.14. The molecule has 2 rings (SSSR count). The van der Waals surface area contributed by atoms with E-state index in [0.29, 0.717) is 16.1 Å². The van der Waals surface area contributed by atoms with Crippen LogP contribution in [0.4, 0.5) is 0 Å². The molecular formula is C14H10BrClO. The number of halogens is 2. The highest BCUT2D eigenvalue weighted by Crippen LogP contribution is 2.20. The van der Waals surface area contributed by atoms with Crippen LogP contribution in [0.25, 0.3) is 0 Å². The van der Waals surface area contributed by atoms with E-state index in [1.54, 1.807) is 24.3 Å². The number of ketones is 1. The Kier molecular flexibility index (Phi) is 3.65. The number of hydrogen-bond acceptors (Lipinski definition) is 1. The van der Waals surface area contributed by atoms with Crippen molar-refractivity contribution in [1.82, 2.24) is 0 Å². The lowest BCUT2D eigenvalue weighted by atomic mass is 9.99. The highest BCUT2D eigenvalue weighted by atomic mass is 79.9. The molecule has 0 aliphatic heterocycles. The van der Waals surface area contributed by atoms with Gasteiger partial charge >= 0.3 is 0 Å². The summed E-state index contributed by atoms with van der Waals surface area (Å²) in [4.78, 5) is 12.3. The van der Waals surface area contributed by atoms with Crippen molar-refractivity contribution in [1.29, 1.82) is 0 Å². The number of carbonyl (C=O) groups is 1. The van der Waals surface area contributed by atoms with Crippen LogP contribution < -0.4 is 0 Å². The summed E-state index contributed by atoms with van der Waals surface area (Å²) in [6.45, 7) is 1.91. The average Bonchev–Trinajstić information content (AvgIpc) is 2.32. The van der Waals surface area contributed by atoms with Crippen LogP contribution in [0.2, 0.25) is 5.02 Å². The van der Waals surface area contributed by atoms with Gasteiger partial charge in [-0.25, -0.2) is 0 Å². The molecule has 17 heavy (non-hydrogen) atoms. The average molecular weight is 310 g/mol. The molecule has 0 heterocycles. The minimum Gasteiger partial charge on any atom is -0.289 e. The smallest absolute Gasteiger partial charge is 0.193 e. The molecule has 0 atom stereocenters. The van der Waals surface area contributed by atoms with Crippen molar-refractivity contribution in [2.24, 2.45) is 0 Å². The summed E-state index contributed by atoms with van der Waals surface area (Å²) in [5, 5.41) is 0.580. The van der Waals surface area contributed by atoms with E-state index in [-0.39, 0.29) is 5.78 Å². The topological polar surface area (TPSA) is 17.1 Å². The Balaban J connectivity index is 2.43. The molecule has 0 aliphatic rings. The van der Waals surface area contributed by atoms with Crippen LogP contribution in [0.3, 0.4) is 0 Å². The fourth-order valence-electron chi connectivity index (χ4n) is 1.60. The van der Waals surface area contributed by atoms with E-state index < -0.39 is 0 Å². The SMILES string of the molecule is Cc1ccc(Cl)cc1C(=O)c1ccc(Br)cc1. The maximum Gasteiger partial charge on any atom is 0.193 e. The van der Waals surface area contributed by atoms with Gasteiger partial charge in [0.25, 0.3) is 0 Å². The quantitative estimate of drug-likeness (QED) is 0.738. The van der Waals surface area contributed by atoms with Gasteiger partial charge in [0, 0.05) is 20.6 Å². The highest BCUT2D eigenvalue weighted by Gasteiger charge is 2.11. The van der Waals surface area contributed by atoms with Gasteiger partial charge in [-0.1, -0.05) is 33.6 Å². The maximum absolute atomic E-state index is 12.3. The molecule has 0 saturated heterocycles. The molecule has 2 aromatic carbocycles. The number of aryl methyl sites for hydroxylation is 1. The summed E-state index contributed by atoms with van der Waals surface area (Å²) in [6, 6.07) is 12.7. The fourth-order valence-corrected chi connectivity index (χ4v) is 2.03. The number of benzene rings is 2. The molecule has 0 spiro atoms. The fraction of sp³-hybridized carbons (Fsp3) is 0.0714. The molecule has 0 fully saturated rings. The van der Waals surface area contributed by atoms with Crippen molar-refractivity contribution in [3.63, 3.8) is 0 Å². The van der Waals surface area contributed by atoms with E-state index in [1.807, 2.05) is 25.1 Å². The second-order valence-electron chi connectivity index (χ2n) is 3.80. The summed E-state index contributed by atoms with van der Waals surface area (Å²) < 4.78 is 0.955. The number of rotatable bonds is 2. The predicted octanol–water partition coefficient (Wildman–Crippen LogP) is 4.64. The normalized spacial score (nSPS) is 10.3. The Bertz CT molecular complexity index is 561. The third kappa shape index (κ3) is 2.76. The molecule has 2 aromatic rings. The zero-order valence-corrected chi connectivity index (χ0v) is 11.5. The summed E-state index contributed by atoms with van der Waals surface area (Å²) in [5.41, 5.74) is 2.25. The van der Waals surface area contributed by atoms with Gasteiger partial charge in [0.1, 0.15) is 0 Å². The van der Waals surface area contributed by atoms with Gasteiger partial charge in [-0.15, -0.1) is 0 Å². The zero-order valence-electron chi connectivity index (χ0n) is 9.21. The largest absolute Gasteiger partial charge is 0.289 e. The first-order valence-corrected chi connectivity index (χ1v) is 6.31. The number of carbonyl (C=O) groups excluding carboxylic acids is 1. The minimum absolute atomic E-state index is 0.00231. The third-order valence-corrected chi connectivity index (χ3v) is 3.31. The van der Waals surface area contributed by atoms with Crippen LogP contribution in [-0.4, -0.2) is 5.78 Å². The Labute approximate surface area is 114 Å². The molecule has 0 N–H and O–H groups in total. The highest BCUT2D eigenvalue weighted by molar-refractivity contribution is 9.10.